The van der Waals surface area contributed by atoms with Gasteiger partial charge in [-0.2, -0.15) is 13.2 Å². The average Bonchev–Trinajstić information content (AvgIpc) is 3.61. The van der Waals surface area contributed by atoms with Gasteiger partial charge in [0.2, 0.25) is 0 Å². The number of hydrogen-bond donors (Lipinski definition) is 3. The third kappa shape index (κ3) is 7.00. The van der Waals surface area contributed by atoms with Crippen molar-refractivity contribution in [2.75, 3.05) is 13.1 Å². The van der Waals surface area contributed by atoms with Gasteiger partial charge in [-0.1, -0.05) is 60.1 Å². The first-order valence-corrected chi connectivity index (χ1v) is 14.1. The monoisotopic (exact) mass is 629 g/mol. The number of carboxylic acid groups (broad SMARTS) is 1. The summed E-state index contributed by atoms with van der Waals surface area (Å²) in [5, 5.41) is 16.2. The Balaban J connectivity index is 0.000000714. The van der Waals surface area contributed by atoms with Crippen molar-refractivity contribution in [1.82, 2.24) is 15.2 Å². The molecule has 4 aromatic rings. The standard InChI is InChI=1S/C27H20BrF3N2O3.C4H11N/c28-22-14-20(27(29,30)31)9-6-18(22)15-33-13-10-16-2-1-3-21(23(16)33)24(34)32-26(11-12-26)19-7-4-17(5-8-19)25(35)36;1-3-5-4-2/h1-10,13-14H,11-12,15H2,(H,32,34)(H,35,36);5H,3-4H2,1-2H3. The average molecular weight is 631 g/mol. The van der Waals surface area contributed by atoms with Gasteiger partial charge in [-0.05, 0) is 73.5 Å². The van der Waals surface area contributed by atoms with E-state index in [4.69, 9.17) is 5.11 Å². The lowest BCUT2D eigenvalue weighted by Gasteiger charge is -2.19. The zero-order chi connectivity index (χ0) is 29.8. The highest BCUT2D eigenvalue weighted by atomic mass is 79.9. The molecule has 1 aromatic heterocycles. The number of carboxylic acids is 1. The van der Waals surface area contributed by atoms with Crippen LogP contribution in [-0.4, -0.2) is 34.6 Å². The Hall–Kier alpha value is -3.63. The minimum Gasteiger partial charge on any atom is -0.478 e. The molecule has 3 aromatic carbocycles. The van der Waals surface area contributed by atoms with Gasteiger partial charge in [-0.25, -0.2) is 4.79 Å². The highest BCUT2D eigenvalue weighted by Crippen LogP contribution is 2.46. The molecule has 1 fully saturated rings. The van der Waals surface area contributed by atoms with Crippen molar-refractivity contribution in [3.05, 3.63) is 105 Å². The fraction of sp³-hybridized carbons (Fsp3) is 0.290. The molecule has 0 spiro atoms. The molecule has 0 aliphatic heterocycles. The van der Waals surface area contributed by atoms with E-state index in [9.17, 15) is 22.8 Å². The van der Waals surface area contributed by atoms with E-state index in [2.05, 4.69) is 40.4 Å². The Morgan fingerprint density at radius 3 is 2.22 bits per heavy atom. The van der Waals surface area contributed by atoms with E-state index in [1.807, 2.05) is 22.9 Å². The largest absolute Gasteiger partial charge is 0.478 e. The number of para-hydroxylation sites is 1. The summed E-state index contributed by atoms with van der Waals surface area (Å²) in [6.45, 7) is 6.66. The number of fused-ring (bicyclic) bond motifs is 1. The highest BCUT2D eigenvalue weighted by molar-refractivity contribution is 9.10. The van der Waals surface area contributed by atoms with Crippen LogP contribution in [0.3, 0.4) is 0 Å². The van der Waals surface area contributed by atoms with Gasteiger partial charge in [0.25, 0.3) is 5.91 Å². The van der Waals surface area contributed by atoms with Crippen LogP contribution < -0.4 is 10.6 Å². The van der Waals surface area contributed by atoms with E-state index in [0.29, 0.717) is 21.1 Å². The fourth-order valence-electron chi connectivity index (χ4n) is 4.69. The second-order valence-corrected chi connectivity index (χ2v) is 10.7. The van der Waals surface area contributed by atoms with Gasteiger partial charge < -0.3 is 20.3 Å². The first-order chi connectivity index (χ1) is 19.5. The van der Waals surface area contributed by atoms with E-state index in [1.165, 1.54) is 18.2 Å². The lowest BCUT2D eigenvalue weighted by atomic mass is 10.0. The molecule has 1 heterocycles. The minimum absolute atomic E-state index is 0.179. The van der Waals surface area contributed by atoms with Crippen molar-refractivity contribution in [3.63, 3.8) is 0 Å². The van der Waals surface area contributed by atoms with Crippen molar-refractivity contribution < 1.29 is 27.9 Å². The van der Waals surface area contributed by atoms with Crippen molar-refractivity contribution in [2.24, 2.45) is 0 Å². The highest BCUT2D eigenvalue weighted by Gasteiger charge is 2.46. The molecule has 0 saturated heterocycles. The Kier molecular flexibility index (Phi) is 9.24. The molecule has 1 amide bonds. The summed E-state index contributed by atoms with van der Waals surface area (Å²) in [5.41, 5.74) is 1.52. The van der Waals surface area contributed by atoms with Crippen LogP contribution in [0.1, 0.15) is 64.1 Å². The molecule has 1 saturated carbocycles. The summed E-state index contributed by atoms with van der Waals surface area (Å²) in [7, 11) is 0. The zero-order valence-corrected chi connectivity index (χ0v) is 24.3. The van der Waals surface area contributed by atoms with E-state index in [1.54, 1.807) is 24.3 Å². The van der Waals surface area contributed by atoms with E-state index < -0.39 is 23.2 Å². The SMILES string of the molecule is CCNCC.O=C(O)c1ccc(C2(NC(=O)c3cccc4ccn(Cc5ccc(C(F)(F)F)cc5Br)c34)CC2)cc1. The number of rotatable bonds is 8. The van der Waals surface area contributed by atoms with Crippen molar-refractivity contribution in [2.45, 2.75) is 44.9 Å². The van der Waals surface area contributed by atoms with Gasteiger partial charge in [0.15, 0.2) is 0 Å². The third-order valence-electron chi connectivity index (χ3n) is 7.04. The molecule has 216 valence electrons. The number of aromatic carboxylic acids is 1. The number of alkyl halides is 3. The quantitative estimate of drug-likeness (QED) is 0.192. The van der Waals surface area contributed by atoms with Crippen LogP contribution >= 0.6 is 15.9 Å². The van der Waals surface area contributed by atoms with Gasteiger partial charge in [0, 0.05) is 22.6 Å². The number of nitrogens with one attached hydrogen (secondary N) is 2. The molecule has 3 N–H and O–H groups in total. The van der Waals surface area contributed by atoms with Crippen LogP contribution in [0.4, 0.5) is 13.2 Å². The summed E-state index contributed by atoms with van der Waals surface area (Å²) < 4.78 is 41.3. The number of amides is 1. The maximum absolute atomic E-state index is 13.4. The summed E-state index contributed by atoms with van der Waals surface area (Å²) >= 11 is 3.26. The minimum atomic E-state index is -4.43. The third-order valence-corrected chi connectivity index (χ3v) is 7.78. The summed E-state index contributed by atoms with van der Waals surface area (Å²) in [4.78, 5) is 24.6. The van der Waals surface area contributed by atoms with Crippen molar-refractivity contribution in [1.29, 1.82) is 0 Å². The van der Waals surface area contributed by atoms with Gasteiger partial charge in [-0.15, -0.1) is 0 Å². The van der Waals surface area contributed by atoms with Crippen LogP contribution in [0.5, 0.6) is 0 Å². The maximum Gasteiger partial charge on any atom is 0.416 e. The lowest BCUT2D eigenvalue weighted by molar-refractivity contribution is -0.137. The van der Waals surface area contributed by atoms with Crippen LogP contribution in [0.25, 0.3) is 10.9 Å². The normalized spacial score (nSPS) is 13.8. The molecule has 1 aliphatic rings. The second-order valence-electron chi connectivity index (χ2n) is 9.87. The van der Waals surface area contributed by atoms with Crippen LogP contribution in [0.2, 0.25) is 0 Å². The van der Waals surface area contributed by atoms with Gasteiger partial charge in [0.1, 0.15) is 0 Å². The smallest absolute Gasteiger partial charge is 0.416 e. The fourth-order valence-corrected chi connectivity index (χ4v) is 5.19. The molecule has 0 radical (unpaired) electrons. The molecule has 6 nitrogen and oxygen atoms in total. The van der Waals surface area contributed by atoms with Crippen molar-refractivity contribution >= 4 is 38.7 Å². The Labute approximate surface area is 244 Å². The van der Waals surface area contributed by atoms with E-state index in [0.717, 1.165) is 49.0 Å². The number of hydrogen-bond acceptors (Lipinski definition) is 3. The number of halogens is 4. The molecule has 0 unspecified atom stereocenters. The number of carbonyl (C=O) groups is 2. The van der Waals surface area contributed by atoms with Gasteiger partial charge in [0.05, 0.1) is 27.7 Å². The molecule has 41 heavy (non-hydrogen) atoms. The van der Waals surface area contributed by atoms with E-state index in [-0.39, 0.29) is 18.0 Å². The van der Waals surface area contributed by atoms with Crippen LogP contribution in [-0.2, 0) is 18.3 Å². The Bertz CT molecular complexity index is 1540. The first kappa shape index (κ1) is 30.3. The molecular weight excluding hydrogens is 599 g/mol. The van der Waals surface area contributed by atoms with Gasteiger partial charge >= 0.3 is 12.1 Å². The summed E-state index contributed by atoms with van der Waals surface area (Å²) in [6.07, 6.45) is -1.15. The molecule has 5 rings (SSSR count). The lowest BCUT2D eigenvalue weighted by Crippen LogP contribution is -2.35. The van der Waals surface area contributed by atoms with Crippen LogP contribution in [0, 0.1) is 0 Å². The Morgan fingerprint density at radius 1 is 1.00 bits per heavy atom. The molecule has 0 atom stereocenters. The Morgan fingerprint density at radius 2 is 1.68 bits per heavy atom. The molecule has 0 bridgehead atoms. The zero-order valence-electron chi connectivity index (χ0n) is 22.7. The maximum atomic E-state index is 13.4. The number of benzene rings is 3. The molecule has 1 aliphatic carbocycles. The second kappa shape index (κ2) is 12.5. The number of carbonyl (C=O) groups excluding carboxylic acids is 1. The van der Waals surface area contributed by atoms with E-state index >= 15 is 0 Å². The molecular formula is C31H31BrF3N3O3. The number of nitrogens with zero attached hydrogens (tertiary/aromatic N) is 1. The number of aromatic nitrogens is 1. The van der Waals surface area contributed by atoms with Gasteiger partial charge in [-0.3, -0.25) is 4.79 Å². The van der Waals surface area contributed by atoms with Crippen molar-refractivity contribution in [3.8, 4) is 0 Å². The molecule has 10 heteroatoms. The topological polar surface area (TPSA) is 83.4 Å². The predicted octanol–water partition coefficient (Wildman–Crippen LogP) is 7.20. The van der Waals surface area contributed by atoms with Crippen LogP contribution in [0.15, 0.2) is 77.4 Å². The predicted molar refractivity (Wildman–Crippen MR) is 156 cm³/mol. The summed E-state index contributed by atoms with van der Waals surface area (Å²) in [5.74, 6) is -1.28. The summed E-state index contributed by atoms with van der Waals surface area (Å²) in [6, 6.07) is 17.3. The first-order valence-electron chi connectivity index (χ1n) is 13.3.